The number of aromatic nitrogens is 12. The molecule has 0 fully saturated rings. The number of anilines is 1. The lowest BCUT2D eigenvalue weighted by Crippen LogP contribution is -2.26. The van der Waals surface area contributed by atoms with Crippen molar-refractivity contribution in [3.8, 4) is 45.6 Å². The lowest BCUT2D eigenvalue weighted by Gasteiger charge is -2.09. The summed E-state index contributed by atoms with van der Waals surface area (Å²) in [6.07, 6.45) is 0. The number of aryl methyl sites for hydroxylation is 6. The van der Waals surface area contributed by atoms with Gasteiger partial charge in [-0.05, 0) is 52.0 Å². The highest BCUT2D eigenvalue weighted by atomic mass is 35.5. The number of carbonyl (C=O) groups is 2. The van der Waals surface area contributed by atoms with Crippen molar-refractivity contribution in [3.63, 3.8) is 0 Å². The van der Waals surface area contributed by atoms with Crippen LogP contribution < -0.4 is 21.7 Å². The molecular weight excluding hydrogens is 1160 g/mol. The number of amides is 2. The smallest absolute Gasteiger partial charge is 0.216 e. The largest absolute Gasteiger partial charge is 0.368 e. The SMILES string of the molecule is C=C.C=C.CC(=O)NCCN.CC(=O)NCCNc1nc(-c2ccccc2)nc2[nH]c(C)cc12.Cc1cc2c(Cl)nc(-c3ccccc3)nc2[nH]1.Cc1cc2c(Cl)nc(-c3ccccc3)nc2n1C.Cc1cc2c(Cl)nc(-c3ccccc3)nc2n1C. The van der Waals surface area contributed by atoms with E-state index in [2.05, 4.69) is 92.1 Å². The van der Waals surface area contributed by atoms with Crippen molar-refractivity contribution in [2.75, 3.05) is 31.5 Å². The molecule has 21 heteroatoms. The second-order valence-electron chi connectivity index (χ2n) is 19.1. The first-order valence-corrected chi connectivity index (χ1v) is 28.6. The Morgan fingerprint density at radius 3 is 1.16 bits per heavy atom. The van der Waals surface area contributed by atoms with Crippen LogP contribution in [0, 0.1) is 27.7 Å². The molecule has 0 unspecified atom stereocenters. The van der Waals surface area contributed by atoms with Crippen LogP contribution >= 0.6 is 34.8 Å². The average Bonchev–Trinajstić information content (AvgIpc) is 2.34. The standard InChI is InChI=1S/C17H19N5O.2C14H12ClN3.C13H10ClN3.C4H10N2O.2C2H4/c1-11-10-14-16(19-9-8-18-12(2)23)21-15(22-17(14)20-11)13-6-4-3-5-7-13;2*1-9-8-11-12(15)16-13(17-14(11)18(9)2)10-6-4-3-5-7-10;1-8-7-10-11(14)16-12(17-13(10)15-8)9-5-3-2-4-6-9;1-4(7)6-3-2-5;2*1-2/h3-7,10H,8-9H2,1-2H3,(H,18,23)(H2,19,20,21,22);2*3-8H,1-2H3;2-7H,1H3,(H,15,16,17);2-3,5H2,1H3,(H,6,7);2*1-2H2. The summed E-state index contributed by atoms with van der Waals surface area (Å²) in [5.41, 5.74) is 16.5. The van der Waals surface area contributed by atoms with Gasteiger partial charge in [-0.3, -0.25) is 9.59 Å². The highest BCUT2D eigenvalue weighted by Crippen LogP contribution is 2.30. The third-order valence-corrected chi connectivity index (χ3v) is 13.7. The van der Waals surface area contributed by atoms with E-state index < -0.39 is 0 Å². The van der Waals surface area contributed by atoms with Crippen molar-refractivity contribution in [1.29, 1.82) is 0 Å². The van der Waals surface area contributed by atoms with Gasteiger partial charge in [0, 0.05) is 99.2 Å². The Kier molecular flexibility index (Phi) is 25.0. The molecular formula is C66H71Cl3N16O2. The number of nitrogens with two attached hydrogens (primary N) is 1. The van der Waals surface area contributed by atoms with Crippen LogP contribution in [0.3, 0.4) is 0 Å². The summed E-state index contributed by atoms with van der Waals surface area (Å²) >= 11 is 18.6. The Morgan fingerprint density at radius 1 is 0.460 bits per heavy atom. The summed E-state index contributed by atoms with van der Waals surface area (Å²) in [7, 11) is 3.96. The molecule has 2 amide bonds. The molecule has 448 valence electrons. The molecule has 12 rings (SSSR count). The monoisotopic (exact) mass is 1220 g/mol. The van der Waals surface area contributed by atoms with Gasteiger partial charge in [-0.15, -0.1) is 26.3 Å². The highest BCUT2D eigenvalue weighted by Gasteiger charge is 2.15. The normalized spacial score (nSPS) is 10.3. The van der Waals surface area contributed by atoms with Gasteiger partial charge in [0.15, 0.2) is 23.3 Å². The van der Waals surface area contributed by atoms with Gasteiger partial charge in [0.1, 0.15) is 43.9 Å². The third-order valence-electron chi connectivity index (χ3n) is 12.8. The number of H-pyrrole nitrogens is 2. The topological polar surface area (TPSA) is 241 Å². The second kappa shape index (κ2) is 32.6. The Balaban J connectivity index is 0.000000176. The number of nitrogens with one attached hydrogen (secondary N) is 5. The van der Waals surface area contributed by atoms with Crippen LogP contribution in [0.1, 0.15) is 36.6 Å². The number of aromatic amines is 2. The molecule has 0 atom stereocenters. The third kappa shape index (κ3) is 18.0. The maximum absolute atomic E-state index is 10.9. The van der Waals surface area contributed by atoms with E-state index in [0.717, 1.165) is 95.0 Å². The molecule has 7 N–H and O–H groups in total. The van der Waals surface area contributed by atoms with Crippen molar-refractivity contribution in [2.24, 2.45) is 19.8 Å². The first kappa shape index (κ1) is 66.5. The molecule has 0 radical (unpaired) electrons. The first-order chi connectivity index (χ1) is 42.0. The number of hydrogen-bond acceptors (Lipinski definition) is 12. The summed E-state index contributed by atoms with van der Waals surface area (Å²) in [4.78, 5) is 63.4. The van der Waals surface area contributed by atoms with E-state index in [1.54, 1.807) is 0 Å². The Morgan fingerprint density at radius 2 is 0.793 bits per heavy atom. The van der Waals surface area contributed by atoms with Crippen molar-refractivity contribution >= 4 is 96.6 Å². The van der Waals surface area contributed by atoms with Gasteiger partial charge >= 0.3 is 0 Å². The zero-order valence-corrected chi connectivity index (χ0v) is 52.3. The number of halogens is 3. The first-order valence-electron chi connectivity index (χ1n) is 27.5. The number of benzene rings is 4. The van der Waals surface area contributed by atoms with E-state index in [4.69, 9.17) is 40.5 Å². The van der Waals surface area contributed by atoms with Gasteiger partial charge in [-0.1, -0.05) is 156 Å². The summed E-state index contributed by atoms with van der Waals surface area (Å²) in [5, 5.41) is 13.7. The van der Waals surface area contributed by atoms with Crippen molar-refractivity contribution < 1.29 is 9.59 Å². The number of carbonyl (C=O) groups excluding carboxylic acids is 2. The molecule has 0 aliphatic rings. The van der Waals surface area contributed by atoms with Gasteiger partial charge in [0.2, 0.25) is 11.8 Å². The molecule has 0 spiro atoms. The molecule has 0 aliphatic carbocycles. The molecule has 87 heavy (non-hydrogen) atoms. The van der Waals surface area contributed by atoms with E-state index in [-0.39, 0.29) is 11.8 Å². The molecule has 8 heterocycles. The van der Waals surface area contributed by atoms with Crippen molar-refractivity contribution in [3.05, 3.63) is 210 Å². The van der Waals surface area contributed by atoms with E-state index in [0.29, 0.717) is 64.9 Å². The van der Waals surface area contributed by atoms with E-state index in [9.17, 15) is 9.59 Å². The zero-order valence-electron chi connectivity index (χ0n) is 50.0. The Hall–Kier alpha value is -9.59. The molecule has 0 saturated carbocycles. The molecule has 0 saturated heterocycles. The fourth-order valence-electron chi connectivity index (χ4n) is 8.48. The van der Waals surface area contributed by atoms with E-state index in [1.165, 1.54) is 13.8 Å². The Labute approximate surface area is 521 Å². The summed E-state index contributed by atoms with van der Waals surface area (Å²) in [5.74, 6) is 3.34. The van der Waals surface area contributed by atoms with Crippen molar-refractivity contribution in [2.45, 2.75) is 41.5 Å². The minimum atomic E-state index is -0.0397. The van der Waals surface area contributed by atoms with E-state index >= 15 is 0 Å². The van der Waals surface area contributed by atoms with Gasteiger partial charge < -0.3 is 40.8 Å². The van der Waals surface area contributed by atoms with Gasteiger partial charge in [-0.2, -0.15) is 0 Å². The molecule has 8 aromatic heterocycles. The van der Waals surface area contributed by atoms with Crippen LogP contribution in [-0.2, 0) is 23.7 Å². The summed E-state index contributed by atoms with van der Waals surface area (Å²) in [6, 6.07) is 47.4. The summed E-state index contributed by atoms with van der Waals surface area (Å²) < 4.78 is 4.05. The van der Waals surface area contributed by atoms with Crippen LogP contribution in [-0.4, -0.2) is 97.0 Å². The van der Waals surface area contributed by atoms with Crippen LogP contribution in [0.5, 0.6) is 0 Å². The highest BCUT2D eigenvalue weighted by molar-refractivity contribution is 6.35. The number of rotatable bonds is 10. The van der Waals surface area contributed by atoms with Gasteiger partial charge in [-0.25, -0.2) is 39.9 Å². The van der Waals surface area contributed by atoms with Gasteiger partial charge in [0.05, 0.1) is 21.5 Å². The predicted molar refractivity (Wildman–Crippen MR) is 358 cm³/mol. The van der Waals surface area contributed by atoms with Gasteiger partial charge in [0.25, 0.3) is 0 Å². The van der Waals surface area contributed by atoms with Crippen LogP contribution in [0.15, 0.2) is 172 Å². The zero-order chi connectivity index (χ0) is 63.2. The minimum absolute atomic E-state index is 0.0227. The minimum Gasteiger partial charge on any atom is -0.368 e. The average molecular weight is 1230 g/mol. The van der Waals surface area contributed by atoms with Crippen LogP contribution in [0.4, 0.5) is 5.82 Å². The van der Waals surface area contributed by atoms with Crippen LogP contribution in [0.25, 0.3) is 89.7 Å². The Bertz CT molecular complexity index is 4060. The molecule has 0 aliphatic heterocycles. The van der Waals surface area contributed by atoms with Crippen molar-refractivity contribution in [1.82, 2.24) is 69.6 Å². The molecule has 0 bridgehead atoms. The lowest BCUT2D eigenvalue weighted by atomic mass is 10.2. The fraction of sp³-hybridized carbons (Fsp3) is 0.182. The molecule has 4 aromatic carbocycles. The number of fused-ring (bicyclic) bond motifs is 4. The maximum Gasteiger partial charge on any atom is 0.216 e. The maximum atomic E-state index is 10.9. The summed E-state index contributed by atoms with van der Waals surface area (Å²) in [6.45, 7) is 25.2. The predicted octanol–water partition coefficient (Wildman–Crippen LogP) is 13.9. The molecule has 12 aromatic rings. The lowest BCUT2D eigenvalue weighted by molar-refractivity contribution is -0.119. The molecule has 18 nitrogen and oxygen atoms in total. The second-order valence-corrected chi connectivity index (χ2v) is 20.2. The number of hydrogen-bond donors (Lipinski definition) is 6. The number of nitrogens with zero attached hydrogens (tertiary/aromatic N) is 10. The fourth-order valence-corrected chi connectivity index (χ4v) is 9.14. The van der Waals surface area contributed by atoms with Crippen LogP contribution in [0.2, 0.25) is 15.5 Å². The van der Waals surface area contributed by atoms with E-state index in [1.807, 2.05) is 197 Å². The quantitative estimate of drug-likeness (QED) is 0.0426.